The van der Waals surface area contributed by atoms with Crippen molar-refractivity contribution in [3.8, 4) is 0 Å². The third-order valence-electron chi connectivity index (χ3n) is 5.31. The second-order valence-electron chi connectivity index (χ2n) is 7.56. The van der Waals surface area contributed by atoms with Gasteiger partial charge in [-0.3, -0.25) is 9.36 Å². The van der Waals surface area contributed by atoms with Gasteiger partial charge in [0.15, 0.2) is 5.16 Å². The van der Waals surface area contributed by atoms with Crippen molar-refractivity contribution in [2.75, 3.05) is 0 Å². The van der Waals surface area contributed by atoms with Crippen LogP contribution in [0.4, 0.5) is 0 Å². The molecule has 1 aliphatic rings. The van der Waals surface area contributed by atoms with E-state index in [-0.39, 0.29) is 16.5 Å². The summed E-state index contributed by atoms with van der Waals surface area (Å²) >= 11 is 3.10. The van der Waals surface area contributed by atoms with Gasteiger partial charge in [0.05, 0.1) is 10.6 Å². The minimum atomic E-state index is -0.194. The summed E-state index contributed by atoms with van der Waals surface area (Å²) in [5.41, 5.74) is 0.949. The summed E-state index contributed by atoms with van der Waals surface area (Å²) in [7, 11) is 0. The molecule has 2 atom stereocenters. The summed E-state index contributed by atoms with van der Waals surface area (Å²) < 4.78 is 1.66. The van der Waals surface area contributed by atoms with E-state index in [1.165, 1.54) is 22.2 Å². The van der Waals surface area contributed by atoms with Gasteiger partial charge in [-0.1, -0.05) is 32.0 Å². The van der Waals surface area contributed by atoms with Crippen LogP contribution in [-0.2, 0) is 19.4 Å². The van der Waals surface area contributed by atoms with Crippen molar-refractivity contribution in [3.05, 3.63) is 37.1 Å². The topological polar surface area (TPSA) is 96.4 Å². The maximum Gasteiger partial charge on any atom is 0.343 e. The lowest BCUT2D eigenvalue weighted by molar-refractivity contribution is 0.509. The minimum absolute atomic E-state index is 0.0510. The zero-order chi connectivity index (χ0) is 19.8. The number of rotatable bonds is 6. The van der Waals surface area contributed by atoms with Crippen molar-refractivity contribution in [2.24, 2.45) is 5.92 Å². The SMILES string of the molecule is CCCCn1c(S[C@H](C)c2nc3sc4c(c3c(=O)[nH]2)CC[C@@H](C)C4)n[nH]c1=O. The van der Waals surface area contributed by atoms with Crippen LogP contribution in [0.2, 0.25) is 0 Å². The van der Waals surface area contributed by atoms with Gasteiger partial charge in [-0.2, -0.15) is 0 Å². The predicted molar refractivity (Wildman–Crippen MR) is 113 cm³/mol. The molecular weight excluding hydrogens is 394 g/mol. The molecule has 0 radical (unpaired) electrons. The lowest BCUT2D eigenvalue weighted by atomic mass is 9.89. The van der Waals surface area contributed by atoms with E-state index < -0.39 is 0 Å². The molecule has 150 valence electrons. The molecule has 0 aromatic carbocycles. The monoisotopic (exact) mass is 419 g/mol. The number of nitrogens with one attached hydrogen (secondary N) is 2. The third-order valence-corrected chi connectivity index (χ3v) is 7.56. The fourth-order valence-electron chi connectivity index (χ4n) is 3.68. The van der Waals surface area contributed by atoms with Gasteiger partial charge in [0.25, 0.3) is 5.56 Å². The largest absolute Gasteiger partial charge is 0.343 e. The number of aromatic amines is 2. The summed E-state index contributed by atoms with van der Waals surface area (Å²) in [5, 5.41) is 7.96. The van der Waals surface area contributed by atoms with Crippen LogP contribution in [0.3, 0.4) is 0 Å². The maximum absolute atomic E-state index is 12.8. The first-order chi connectivity index (χ1) is 13.5. The Hall–Kier alpha value is -1.87. The Labute approximate surface area is 171 Å². The fourth-order valence-corrected chi connectivity index (χ4v) is 6.01. The second-order valence-corrected chi connectivity index (χ2v) is 9.95. The van der Waals surface area contributed by atoms with Crippen molar-refractivity contribution in [1.82, 2.24) is 24.7 Å². The van der Waals surface area contributed by atoms with Crippen LogP contribution >= 0.6 is 23.1 Å². The number of nitrogens with zero attached hydrogens (tertiary/aromatic N) is 3. The number of thioether (sulfide) groups is 1. The van der Waals surface area contributed by atoms with Crippen molar-refractivity contribution < 1.29 is 0 Å². The standard InChI is InChI=1S/C19H25N5O2S2/c1-4-5-8-24-18(26)22-23-19(24)27-11(3)15-20-16(25)14-12-7-6-10(2)9-13(12)28-17(14)21-15/h10-11H,4-9H2,1-3H3,(H,22,26)(H,20,21,25)/t10-,11-/m1/s1. The average molecular weight is 420 g/mol. The third kappa shape index (κ3) is 3.57. The molecule has 4 rings (SSSR count). The van der Waals surface area contributed by atoms with Gasteiger partial charge < -0.3 is 4.98 Å². The van der Waals surface area contributed by atoms with Crippen LogP contribution in [-0.4, -0.2) is 24.7 Å². The van der Waals surface area contributed by atoms with E-state index in [0.717, 1.165) is 42.3 Å². The quantitative estimate of drug-likeness (QED) is 0.595. The Balaban J connectivity index is 1.65. The van der Waals surface area contributed by atoms with Gasteiger partial charge in [-0.15, -0.1) is 16.4 Å². The highest BCUT2D eigenvalue weighted by atomic mass is 32.2. The van der Waals surface area contributed by atoms with Crippen molar-refractivity contribution >= 4 is 33.3 Å². The summed E-state index contributed by atoms with van der Waals surface area (Å²) in [4.78, 5) is 34.7. The number of fused-ring (bicyclic) bond motifs is 3. The van der Waals surface area contributed by atoms with Crippen LogP contribution < -0.4 is 11.2 Å². The molecule has 1 aliphatic carbocycles. The summed E-state index contributed by atoms with van der Waals surface area (Å²) in [5.74, 6) is 1.29. The smallest absolute Gasteiger partial charge is 0.309 e. The Morgan fingerprint density at radius 3 is 3.00 bits per heavy atom. The zero-order valence-corrected chi connectivity index (χ0v) is 18.0. The molecule has 0 spiro atoms. The molecule has 0 saturated heterocycles. The van der Waals surface area contributed by atoms with Crippen LogP contribution in [0.5, 0.6) is 0 Å². The van der Waals surface area contributed by atoms with E-state index in [4.69, 9.17) is 4.98 Å². The molecule has 9 heteroatoms. The molecule has 0 aliphatic heterocycles. The van der Waals surface area contributed by atoms with Crippen LogP contribution in [0.15, 0.2) is 14.7 Å². The van der Waals surface area contributed by atoms with Crippen molar-refractivity contribution in [1.29, 1.82) is 0 Å². The van der Waals surface area contributed by atoms with E-state index >= 15 is 0 Å². The van der Waals surface area contributed by atoms with Gasteiger partial charge in [-0.25, -0.2) is 14.9 Å². The molecule has 2 N–H and O–H groups in total. The molecule has 3 heterocycles. The molecule has 0 bridgehead atoms. The number of hydrogen-bond acceptors (Lipinski definition) is 6. The fraction of sp³-hybridized carbons (Fsp3) is 0.579. The highest BCUT2D eigenvalue weighted by Gasteiger charge is 2.24. The Morgan fingerprint density at radius 2 is 2.21 bits per heavy atom. The molecule has 0 unspecified atom stereocenters. The highest BCUT2D eigenvalue weighted by Crippen LogP contribution is 2.37. The Morgan fingerprint density at radius 1 is 1.39 bits per heavy atom. The Kier molecular flexibility index (Phi) is 5.46. The molecule has 0 saturated carbocycles. The molecule has 28 heavy (non-hydrogen) atoms. The lowest BCUT2D eigenvalue weighted by Gasteiger charge is -2.17. The molecule has 0 amide bonds. The van der Waals surface area contributed by atoms with Crippen molar-refractivity contribution in [3.63, 3.8) is 0 Å². The summed E-state index contributed by atoms with van der Waals surface area (Å²) in [6.45, 7) is 6.97. The van der Waals surface area contributed by atoms with Crippen LogP contribution in [0.25, 0.3) is 10.2 Å². The summed E-state index contributed by atoms with van der Waals surface area (Å²) in [6.07, 6.45) is 5.04. The van der Waals surface area contributed by atoms with Crippen molar-refractivity contribution in [2.45, 2.75) is 69.8 Å². The minimum Gasteiger partial charge on any atom is -0.309 e. The van der Waals surface area contributed by atoms with Gasteiger partial charge in [0.1, 0.15) is 10.7 Å². The second kappa shape index (κ2) is 7.87. The molecule has 3 aromatic rings. The number of aromatic nitrogens is 5. The Bertz CT molecular complexity index is 1110. The van der Waals surface area contributed by atoms with E-state index in [1.54, 1.807) is 15.9 Å². The average Bonchev–Trinajstić information content (AvgIpc) is 3.19. The van der Waals surface area contributed by atoms with Gasteiger partial charge in [-0.05, 0) is 44.1 Å². The van der Waals surface area contributed by atoms with Gasteiger partial charge >= 0.3 is 5.69 Å². The molecular formula is C19H25N5O2S2. The number of aryl methyl sites for hydroxylation is 1. The number of hydrogen-bond donors (Lipinski definition) is 2. The summed E-state index contributed by atoms with van der Waals surface area (Å²) in [6, 6.07) is 0. The molecule has 0 fully saturated rings. The number of H-pyrrole nitrogens is 2. The normalized spacial score (nSPS) is 17.8. The van der Waals surface area contributed by atoms with Crippen LogP contribution in [0, 0.1) is 5.92 Å². The highest BCUT2D eigenvalue weighted by molar-refractivity contribution is 7.99. The number of unbranched alkanes of at least 4 members (excludes halogenated alkanes) is 1. The predicted octanol–water partition coefficient (Wildman–Crippen LogP) is 3.65. The van der Waals surface area contributed by atoms with E-state index in [9.17, 15) is 9.59 Å². The molecule has 7 nitrogen and oxygen atoms in total. The van der Waals surface area contributed by atoms with Gasteiger partial charge in [0.2, 0.25) is 0 Å². The number of thiophene rings is 1. The first-order valence-corrected chi connectivity index (χ1v) is 11.5. The maximum atomic E-state index is 12.8. The zero-order valence-electron chi connectivity index (χ0n) is 16.4. The van der Waals surface area contributed by atoms with Crippen LogP contribution in [0.1, 0.15) is 61.5 Å². The van der Waals surface area contributed by atoms with E-state index in [0.29, 0.717) is 23.4 Å². The lowest BCUT2D eigenvalue weighted by Crippen LogP contribution is -2.18. The first-order valence-electron chi connectivity index (χ1n) is 9.84. The van der Waals surface area contributed by atoms with Gasteiger partial charge in [0, 0.05) is 11.4 Å². The van der Waals surface area contributed by atoms with E-state index in [2.05, 4.69) is 29.0 Å². The first kappa shape index (κ1) is 19.4. The van der Waals surface area contributed by atoms with E-state index in [1.807, 2.05) is 6.92 Å². The molecule has 3 aromatic heterocycles.